The lowest BCUT2D eigenvalue weighted by Crippen LogP contribution is -2.36. The number of methoxy groups -OCH3 is 1. The molecule has 2 heterocycles. The summed E-state index contributed by atoms with van der Waals surface area (Å²) in [6.07, 6.45) is 4.29. The third kappa shape index (κ3) is 5.18. The van der Waals surface area contributed by atoms with Gasteiger partial charge in [-0.3, -0.25) is 0 Å². The molecule has 1 saturated heterocycles. The van der Waals surface area contributed by atoms with Gasteiger partial charge in [0.1, 0.15) is 5.82 Å². The number of hydrogen-bond acceptors (Lipinski definition) is 4. The number of urea groups is 1. The highest BCUT2D eigenvalue weighted by Gasteiger charge is 2.16. The fraction of sp³-hybridized carbons (Fsp3) is 0.625. The Morgan fingerprint density at radius 1 is 1.36 bits per heavy atom. The van der Waals surface area contributed by atoms with E-state index in [9.17, 15) is 4.79 Å². The molecule has 0 saturated carbocycles. The van der Waals surface area contributed by atoms with Gasteiger partial charge >= 0.3 is 6.03 Å². The first kappa shape index (κ1) is 16.5. The number of rotatable bonds is 6. The van der Waals surface area contributed by atoms with E-state index < -0.39 is 0 Å². The molecular formula is C16H26N4O2. The van der Waals surface area contributed by atoms with Gasteiger partial charge in [-0.05, 0) is 30.4 Å². The van der Waals surface area contributed by atoms with Crippen LogP contribution in [-0.4, -0.2) is 44.4 Å². The third-order valence-corrected chi connectivity index (χ3v) is 3.96. The minimum absolute atomic E-state index is 0.189. The third-order valence-electron chi connectivity index (χ3n) is 3.96. The quantitative estimate of drug-likeness (QED) is 0.786. The van der Waals surface area contributed by atoms with Crippen LogP contribution in [0.5, 0.6) is 0 Å². The van der Waals surface area contributed by atoms with E-state index >= 15 is 0 Å². The SMILES string of the molecule is COCCNC(=O)NCc1ccc(N2CCC(C)CC2)nc1. The fourth-order valence-corrected chi connectivity index (χ4v) is 2.46. The minimum atomic E-state index is -0.189. The van der Waals surface area contributed by atoms with Crippen LogP contribution in [-0.2, 0) is 11.3 Å². The van der Waals surface area contributed by atoms with Crippen LogP contribution >= 0.6 is 0 Å². The topological polar surface area (TPSA) is 66.5 Å². The van der Waals surface area contributed by atoms with Gasteiger partial charge in [0.15, 0.2) is 0 Å². The van der Waals surface area contributed by atoms with E-state index in [1.807, 2.05) is 18.3 Å². The summed E-state index contributed by atoms with van der Waals surface area (Å²) < 4.78 is 4.88. The summed E-state index contributed by atoms with van der Waals surface area (Å²) in [6, 6.07) is 3.87. The summed E-state index contributed by atoms with van der Waals surface area (Å²) in [7, 11) is 1.61. The maximum Gasteiger partial charge on any atom is 0.315 e. The van der Waals surface area contributed by atoms with E-state index in [-0.39, 0.29) is 6.03 Å². The van der Waals surface area contributed by atoms with E-state index in [1.165, 1.54) is 12.8 Å². The Labute approximate surface area is 132 Å². The average Bonchev–Trinajstić information content (AvgIpc) is 2.54. The molecule has 1 aromatic heterocycles. The summed E-state index contributed by atoms with van der Waals surface area (Å²) in [4.78, 5) is 18.4. The molecule has 22 heavy (non-hydrogen) atoms. The number of aromatic nitrogens is 1. The van der Waals surface area contributed by atoms with Crippen molar-refractivity contribution in [2.75, 3.05) is 38.3 Å². The number of hydrogen-bond donors (Lipinski definition) is 2. The Morgan fingerprint density at radius 3 is 2.77 bits per heavy atom. The summed E-state index contributed by atoms with van der Waals surface area (Å²) >= 11 is 0. The van der Waals surface area contributed by atoms with Crippen molar-refractivity contribution in [2.45, 2.75) is 26.3 Å². The second kappa shape index (κ2) is 8.58. The molecule has 122 valence electrons. The van der Waals surface area contributed by atoms with E-state index in [0.717, 1.165) is 30.4 Å². The molecule has 0 aliphatic carbocycles. The van der Waals surface area contributed by atoms with Crippen LogP contribution in [0.2, 0.25) is 0 Å². The van der Waals surface area contributed by atoms with Gasteiger partial charge in [-0.2, -0.15) is 0 Å². The summed E-state index contributed by atoms with van der Waals surface area (Å²) in [5, 5.41) is 5.52. The molecule has 1 fully saturated rings. The smallest absolute Gasteiger partial charge is 0.315 e. The first-order chi connectivity index (χ1) is 10.7. The number of ether oxygens (including phenoxy) is 1. The molecule has 2 amide bonds. The van der Waals surface area contributed by atoms with Crippen LogP contribution < -0.4 is 15.5 Å². The molecule has 0 radical (unpaired) electrons. The molecule has 0 bridgehead atoms. The normalized spacial score (nSPS) is 15.6. The predicted octanol–water partition coefficient (Wildman–Crippen LogP) is 1.76. The molecule has 2 N–H and O–H groups in total. The van der Waals surface area contributed by atoms with Crippen LogP contribution in [0.4, 0.5) is 10.6 Å². The molecule has 6 heteroatoms. The van der Waals surface area contributed by atoms with Crippen molar-refractivity contribution in [3.05, 3.63) is 23.9 Å². The predicted molar refractivity (Wildman–Crippen MR) is 87.0 cm³/mol. The molecule has 0 unspecified atom stereocenters. The number of piperidine rings is 1. The highest BCUT2D eigenvalue weighted by Crippen LogP contribution is 2.21. The molecule has 2 rings (SSSR count). The molecular weight excluding hydrogens is 280 g/mol. The van der Waals surface area contributed by atoms with Gasteiger partial charge in [-0.1, -0.05) is 13.0 Å². The first-order valence-corrected chi connectivity index (χ1v) is 7.89. The summed E-state index contributed by atoms with van der Waals surface area (Å²) in [6.45, 7) is 5.95. The van der Waals surface area contributed by atoms with Crippen LogP contribution in [0.3, 0.4) is 0 Å². The lowest BCUT2D eigenvalue weighted by molar-refractivity contribution is 0.196. The molecule has 1 aliphatic rings. The van der Waals surface area contributed by atoms with E-state index in [2.05, 4.69) is 27.4 Å². The maximum atomic E-state index is 11.5. The lowest BCUT2D eigenvalue weighted by atomic mass is 9.99. The van der Waals surface area contributed by atoms with Gasteiger partial charge in [-0.15, -0.1) is 0 Å². The Hall–Kier alpha value is -1.82. The Bertz CT molecular complexity index is 456. The maximum absolute atomic E-state index is 11.5. The van der Waals surface area contributed by atoms with Gasteiger partial charge in [0.2, 0.25) is 0 Å². The zero-order valence-electron chi connectivity index (χ0n) is 13.5. The van der Waals surface area contributed by atoms with Crippen molar-refractivity contribution >= 4 is 11.8 Å². The average molecular weight is 306 g/mol. The molecule has 1 aliphatic heterocycles. The summed E-state index contributed by atoms with van der Waals surface area (Å²) in [5.74, 6) is 1.84. The van der Waals surface area contributed by atoms with E-state index in [4.69, 9.17) is 4.74 Å². The molecule has 0 aromatic carbocycles. The van der Waals surface area contributed by atoms with Crippen molar-refractivity contribution in [3.63, 3.8) is 0 Å². The van der Waals surface area contributed by atoms with Crippen LogP contribution in [0.15, 0.2) is 18.3 Å². The minimum Gasteiger partial charge on any atom is -0.383 e. The number of carbonyl (C=O) groups is 1. The number of anilines is 1. The van der Waals surface area contributed by atoms with Gasteiger partial charge < -0.3 is 20.3 Å². The van der Waals surface area contributed by atoms with Crippen LogP contribution in [0.25, 0.3) is 0 Å². The first-order valence-electron chi connectivity index (χ1n) is 7.89. The number of nitrogens with zero attached hydrogens (tertiary/aromatic N) is 2. The van der Waals surface area contributed by atoms with Gasteiger partial charge in [-0.25, -0.2) is 9.78 Å². The largest absolute Gasteiger partial charge is 0.383 e. The number of pyridine rings is 1. The van der Waals surface area contributed by atoms with Gasteiger partial charge in [0.05, 0.1) is 6.61 Å². The Balaban J connectivity index is 1.76. The van der Waals surface area contributed by atoms with Crippen LogP contribution in [0, 0.1) is 5.92 Å². The van der Waals surface area contributed by atoms with E-state index in [0.29, 0.717) is 19.7 Å². The highest BCUT2D eigenvalue weighted by atomic mass is 16.5. The second-order valence-corrected chi connectivity index (χ2v) is 5.80. The van der Waals surface area contributed by atoms with Crippen LogP contribution in [0.1, 0.15) is 25.3 Å². The van der Waals surface area contributed by atoms with Crippen molar-refractivity contribution < 1.29 is 9.53 Å². The number of nitrogens with one attached hydrogen (secondary N) is 2. The number of amides is 2. The number of carbonyl (C=O) groups excluding carboxylic acids is 1. The zero-order chi connectivity index (χ0) is 15.8. The standard InChI is InChI=1S/C16H26N4O2/c1-13-5-8-20(9-6-13)15-4-3-14(11-18-15)12-19-16(21)17-7-10-22-2/h3-4,11,13H,5-10,12H2,1-2H3,(H2,17,19,21). The molecule has 0 atom stereocenters. The van der Waals surface area contributed by atoms with Gasteiger partial charge in [0.25, 0.3) is 0 Å². The van der Waals surface area contributed by atoms with Crippen molar-refractivity contribution in [1.82, 2.24) is 15.6 Å². The Kier molecular flexibility index (Phi) is 6.45. The lowest BCUT2D eigenvalue weighted by Gasteiger charge is -2.31. The fourth-order valence-electron chi connectivity index (χ4n) is 2.46. The zero-order valence-corrected chi connectivity index (χ0v) is 13.5. The monoisotopic (exact) mass is 306 g/mol. The van der Waals surface area contributed by atoms with Crippen molar-refractivity contribution in [3.8, 4) is 0 Å². The molecule has 6 nitrogen and oxygen atoms in total. The molecule has 0 spiro atoms. The van der Waals surface area contributed by atoms with Gasteiger partial charge in [0, 0.05) is 39.5 Å². The Morgan fingerprint density at radius 2 is 2.14 bits per heavy atom. The molecule has 1 aromatic rings. The summed E-state index contributed by atoms with van der Waals surface area (Å²) in [5.41, 5.74) is 0.996. The van der Waals surface area contributed by atoms with Crippen molar-refractivity contribution in [2.24, 2.45) is 5.92 Å². The second-order valence-electron chi connectivity index (χ2n) is 5.80. The van der Waals surface area contributed by atoms with E-state index in [1.54, 1.807) is 7.11 Å². The highest BCUT2D eigenvalue weighted by molar-refractivity contribution is 5.73. The van der Waals surface area contributed by atoms with Crippen molar-refractivity contribution in [1.29, 1.82) is 0 Å².